The zero-order valence-corrected chi connectivity index (χ0v) is 12.9. The van der Waals surface area contributed by atoms with E-state index in [1.54, 1.807) is 11.8 Å². The summed E-state index contributed by atoms with van der Waals surface area (Å²) in [5, 5.41) is 0. The SMILES string of the molecule is Cc1nc2ccc(C(F)(F)F)cn2c1C(=O)N1CCCCCC1. The van der Waals surface area contributed by atoms with E-state index in [2.05, 4.69) is 4.98 Å². The molecular weight excluding hydrogens is 307 g/mol. The van der Waals surface area contributed by atoms with E-state index in [9.17, 15) is 18.0 Å². The number of aryl methyl sites for hydroxylation is 1. The molecule has 0 atom stereocenters. The van der Waals surface area contributed by atoms with Gasteiger partial charge in [-0.05, 0) is 31.9 Å². The fourth-order valence-electron chi connectivity index (χ4n) is 3.01. The Bertz CT molecular complexity index is 728. The van der Waals surface area contributed by atoms with Gasteiger partial charge in [-0.15, -0.1) is 0 Å². The summed E-state index contributed by atoms with van der Waals surface area (Å²) in [7, 11) is 0. The highest BCUT2D eigenvalue weighted by molar-refractivity contribution is 5.94. The number of halogens is 3. The van der Waals surface area contributed by atoms with Crippen LogP contribution in [0.4, 0.5) is 13.2 Å². The summed E-state index contributed by atoms with van der Waals surface area (Å²) in [5.41, 5.74) is 0.257. The van der Waals surface area contributed by atoms with Gasteiger partial charge in [-0.2, -0.15) is 13.2 Å². The number of rotatable bonds is 1. The predicted molar refractivity (Wildman–Crippen MR) is 79.3 cm³/mol. The van der Waals surface area contributed by atoms with Gasteiger partial charge in [-0.25, -0.2) is 4.98 Å². The predicted octanol–water partition coefficient (Wildman–Crippen LogP) is 3.68. The van der Waals surface area contributed by atoms with Gasteiger partial charge in [0.1, 0.15) is 11.3 Å². The highest BCUT2D eigenvalue weighted by Gasteiger charge is 2.32. The van der Waals surface area contributed by atoms with Crippen molar-refractivity contribution >= 4 is 11.6 Å². The largest absolute Gasteiger partial charge is 0.417 e. The van der Waals surface area contributed by atoms with Crippen LogP contribution in [0.2, 0.25) is 0 Å². The van der Waals surface area contributed by atoms with Gasteiger partial charge in [0.15, 0.2) is 0 Å². The molecule has 0 radical (unpaired) electrons. The van der Waals surface area contributed by atoms with Gasteiger partial charge in [0.25, 0.3) is 5.91 Å². The number of fused-ring (bicyclic) bond motifs is 1. The first-order chi connectivity index (χ1) is 10.9. The Kier molecular flexibility index (Phi) is 4.04. The second-order valence-electron chi connectivity index (χ2n) is 5.90. The maximum atomic E-state index is 12.9. The lowest BCUT2D eigenvalue weighted by atomic mass is 10.2. The molecule has 3 heterocycles. The molecule has 1 aliphatic rings. The Labute approximate surface area is 131 Å². The van der Waals surface area contributed by atoms with Gasteiger partial charge in [0.05, 0.1) is 11.3 Å². The number of amides is 1. The molecule has 2 aromatic rings. The molecule has 0 saturated carbocycles. The fourth-order valence-corrected chi connectivity index (χ4v) is 3.01. The molecule has 1 saturated heterocycles. The van der Waals surface area contributed by atoms with Gasteiger partial charge in [-0.1, -0.05) is 12.8 Å². The van der Waals surface area contributed by atoms with Crippen molar-refractivity contribution in [3.63, 3.8) is 0 Å². The van der Waals surface area contributed by atoms with Crippen LogP contribution in [0, 0.1) is 6.92 Å². The number of hydrogen-bond acceptors (Lipinski definition) is 2. The minimum atomic E-state index is -4.45. The number of pyridine rings is 1. The first kappa shape index (κ1) is 15.8. The van der Waals surface area contributed by atoms with Crippen molar-refractivity contribution in [2.75, 3.05) is 13.1 Å². The van der Waals surface area contributed by atoms with Gasteiger partial charge >= 0.3 is 6.18 Å². The quantitative estimate of drug-likeness (QED) is 0.802. The Hall–Kier alpha value is -2.05. The van der Waals surface area contributed by atoms with Crippen molar-refractivity contribution in [3.05, 3.63) is 35.3 Å². The second kappa shape index (κ2) is 5.86. The van der Waals surface area contributed by atoms with Crippen molar-refractivity contribution in [2.45, 2.75) is 38.8 Å². The topological polar surface area (TPSA) is 37.6 Å². The number of nitrogens with zero attached hydrogens (tertiary/aromatic N) is 3. The monoisotopic (exact) mass is 325 g/mol. The summed E-state index contributed by atoms with van der Waals surface area (Å²) < 4.78 is 40.1. The maximum absolute atomic E-state index is 12.9. The number of alkyl halides is 3. The van der Waals surface area contributed by atoms with Gasteiger partial charge in [-0.3, -0.25) is 9.20 Å². The molecule has 1 fully saturated rings. The zero-order chi connectivity index (χ0) is 16.6. The molecule has 0 aromatic carbocycles. The first-order valence-corrected chi connectivity index (χ1v) is 7.73. The zero-order valence-electron chi connectivity index (χ0n) is 12.9. The van der Waals surface area contributed by atoms with E-state index in [1.807, 2.05) is 0 Å². The number of likely N-dealkylation sites (tertiary alicyclic amines) is 1. The van der Waals surface area contributed by atoms with E-state index in [0.29, 0.717) is 24.4 Å². The van der Waals surface area contributed by atoms with Crippen molar-refractivity contribution < 1.29 is 18.0 Å². The van der Waals surface area contributed by atoms with Crippen molar-refractivity contribution in [3.8, 4) is 0 Å². The van der Waals surface area contributed by atoms with Crippen LogP contribution in [0.1, 0.15) is 47.4 Å². The summed E-state index contributed by atoms with van der Waals surface area (Å²) in [6.45, 7) is 2.94. The van der Waals surface area contributed by atoms with E-state index in [1.165, 1.54) is 10.5 Å². The van der Waals surface area contributed by atoms with Crippen LogP contribution in [-0.4, -0.2) is 33.3 Å². The van der Waals surface area contributed by atoms with Crippen molar-refractivity contribution in [1.82, 2.24) is 14.3 Å². The van der Waals surface area contributed by atoms with E-state index < -0.39 is 11.7 Å². The third-order valence-electron chi connectivity index (χ3n) is 4.22. The summed E-state index contributed by atoms with van der Waals surface area (Å²) >= 11 is 0. The molecule has 3 rings (SSSR count). The molecule has 4 nitrogen and oxygen atoms in total. The summed E-state index contributed by atoms with van der Waals surface area (Å²) in [5.74, 6) is -0.240. The second-order valence-corrected chi connectivity index (χ2v) is 5.90. The van der Waals surface area contributed by atoms with Crippen molar-refractivity contribution in [2.24, 2.45) is 0 Å². The number of imidazole rings is 1. The summed E-state index contributed by atoms with van der Waals surface area (Å²) in [4.78, 5) is 18.7. The lowest BCUT2D eigenvalue weighted by Crippen LogP contribution is -2.33. The highest BCUT2D eigenvalue weighted by atomic mass is 19.4. The normalized spacial score (nSPS) is 16.6. The number of hydrogen-bond donors (Lipinski definition) is 0. The number of aromatic nitrogens is 2. The maximum Gasteiger partial charge on any atom is 0.417 e. The van der Waals surface area contributed by atoms with Crippen LogP contribution < -0.4 is 0 Å². The number of carbonyl (C=O) groups excluding carboxylic acids is 1. The number of carbonyl (C=O) groups is 1. The van der Waals surface area contributed by atoms with Crippen LogP contribution in [0.5, 0.6) is 0 Å². The molecule has 0 bridgehead atoms. The fraction of sp³-hybridized carbons (Fsp3) is 0.500. The molecule has 23 heavy (non-hydrogen) atoms. The molecule has 1 aliphatic heterocycles. The molecule has 1 amide bonds. The Morgan fingerprint density at radius 1 is 1.13 bits per heavy atom. The Balaban J connectivity index is 2.05. The lowest BCUT2D eigenvalue weighted by Gasteiger charge is -2.20. The van der Waals surface area contributed by atoms with Crippen LogP contribution in [0.3, 0.4) is 0 Å². The molecule has 124 valence electrons. The minimum absolute atomic E-state index is 0.230. The van der Waals surface area contributed by atoms with Crippen molar-refractivity contribution in [1.29, 1.82) is 0 Å². The average molecular weight is 325 g/mol. The van der Waals surface area contributed by atoms with E-state index >= 15 is 0 Å². The average Bonchev–Trinajstić information content (AvgIpc) is 2.65. The molecular formula is C16H18F3N3O. The first-order valence-electron chi connectivity index (χ1n) is 7.73. The third kappa shape index (κ3) is 3.04. The van der Waals surface area contributed by atoms with E-state index in [0.717, 1.165) is 37.9 Å². The smallest absolute Gasteiger partial charge is 0.337 e. The van der Waals surface area contributed by atoms with Crippen LogP contribution in [0.25, 0.3) is 5.65 Å². The molecule has 7 heteroatoms. The summed E-state index contributed by atoms with van der Waals surface area (Å²) in [6, 6.07) is 2.29. The highest BCUT2D eigenvalue weighted by Crippen LogP contribution is 2.30. The van der Waals surface area contributed by atoms with Gasteiger partial charge in [0.2, 0.25) is 0 Å². The van der Waals surface area contributed by atoms with E-state index in [-0.39, 0.29) is 11.6 Å². The molecule has 0 N–H and O–H groups in total. The minimum Gasteiger partial charge on any atom is -0.337 e. The summed E-state index contributed by atoms with van der Waals surface area (Å²) in [6.07, 6.45) is 0.516. The van der Waals surface area contributed by atoms with Gasteiger partial charge < -0.3 is 4.90 Å². The Morgan fingerprint density at radius 3 is 2.39 bits per heavy atom. The van der Waals surface area contributed by atoms with Crippen LogP contribution in [0.15, 0.2) is 18.3 Å². The molecule has 2 aromatic heterocycles. The molecule has 0 unspecified atom stereocenters. The van der Waals surface area contributed by atoms with Crippen LogP contribution >= 0.6 is 0 Å². The van der Waals surface area contributed by atoms with E-state index in [4.69, 9.17) is 0 Å². The van der Waals surface area contributed by atoms with Crippen LogP contribution in [-0.2, 0) is 6.18 Å². The molecule has 0 spiro atoms. The standard InChI is InChI=1S/C16H18F3N3O/c1-11-14(15(23)21-8-4-2-3-5-9-21)22-10-12(16(17,18)19)6-7-13(22)20-11/h6-7,10H,2-5,8-9H2,1H3. The third-order valence-corrected chi connectivity index (χ3v) is 4.22. The molecule has 0 aliphatic carbocycles. The lowest BCUT2D eigenvalue weighted by molar-refractivity contribution is -0.137. The van der Waals surface area contributed by atoms with Gasteiger partial charge in [0, 0.05) is 19.3 Å². The Morgan fingerprint density at radius 2 is 1.78 bits per heavy atom.